The Labute approximate surface area is 142 Å². The highest BCUT2D eigenvalue weighted by molar-refractivity contribution is 5.79. The molecule has 0 unspecified atom stereocenters. The number of nitro benzene ring substituents is 2. The highest BCUT2D eigenvalue weighted by atomic mass is 16.6. The summed E-state index contributed by atoms with van der Waals surface area (Å²) in [6.07, 6.45) is 0.670. The van der Waals surface area contributed by atoms with Crippen LogP contribution in [0.4, 0.5) is 22.7 Å². The number of benzene rings is 2. The molecule has 0 saturated heterocycles. The smallest absolute Gasteiger partial charge is 0.299 e. The summed E-state index contributed by atoms with van der Waals surface area (Å²) in [5.74, 6) is 1.10. The first-order valence-electron chi connectivity index (χ1n) is 7.41. The highest BCUT2D eigenvalue weighted by Crippen LogP contribution is 2.44. The van der Waals surface area contributed by atoms with Crippen molar-refractivity contribution < 1.29 is 19.3 Å². The molecule has 9 heteroatoms. The summed E-state index contributed by atoms with van der Waals surface area (Å²) in [5, 5.41) is 22.3. The predicted octanol–water partition coefficient (Wildman–Crippen LogP) is 3.21. The van der Waals surface area contributed by atoms with Gasteiger partial charge in [0.2, 0.25) is 0 Å². The van der Waals surface area contributed by atoms with Crippen molar-refractivity contribution in [3.05, 3.63) is 56.1 Å². The molecular formula is C16H15N3O6. The fourth-order valence-corrected chi connectivity index (χ4v) is 2.96. The summed E-state index contributed by atoms with van der Waals surface area (Å²) in [6, 6.07) is 7.24. The van der Waals surface area contributed by atoms with Gasteiger partial charge in [-0.1, -0.05) is 0 Å². The lowest BCUT2D eigenvalue weighted by Gasteiger charge is -2.20. The third-order valence-corrected chi connectivity index (χ3v) is 4.14. The Balaban J connectivity index is 2.12. The SMILES string of the molecule is COc1cc2c(cc1OC)N(c1ccc([N+](=O)[O-])cc1[N+](=O)[O-])CC2. The zero-order valence-electron chi connectivity index (χ0n) is 13.6. The number of ether oxygens (including phenoxy) is 2. The molecular weight excluding hydrogens is 330 g/mol. The van der Waals surface area contributed by atoms with Gasteiger partial charge in [-0.25, -0.2) is 0 Å². The van der Waals surface area contributed by atoms with Crippen LogP contribution in [0.25, 0.3) is 0 Å². The molecule has 0 fully saturated rings. The number of anilines is 2. The number of methoxy groups -OCH3 is 2. The van der Waals surface area contributed by atoms with Crippen molar-refractivity contribution in [1.29, 1.82) is 0 Å². The van der Waals surface area contributed by atoms with Crippen LogP contribution in [0, 0.1) is 20.2 Å². The molecule has 3 rings (SSSR count). The number of rotatable bonds is 5. The number of fused-ring (bicyclic) bond motifs is 1. The van der Waals surface area contributed by atoms with E-state index in [-0.39, 0.29) is 11.4 Å². The van der Waals surface area contributed by atoms with Gasteiger partial charge < -0.3 is 14.4 Å². The molecule has 1 heterocycles. The summed E-state index contributed by atoms with van der Waals surface area (Å²) < 4.78 is 10.6. The van der Waals surface area contributed by atoms with E-state index >= 15 is 0 Å². The van der Waals surface area contributed by atoms with Crippen LogP contribution in [0.15, 0.2) is 30.3 Å². The lowest BCUT2D eigenvalue weighted by Crippen LogP contribution is -2.15. The van der Waals surface area contributed by atoms with Gasteiger partial charge in [-0.15, -0.1) is 0 Å². The number of hydrogen-bond acceptors (Lipinski definition) is 7. The molecule has 0 bridgehead atoms. The first kappa shape index (κ1) is 16.5. The molecule has 0 N–H and O–H groups in total. The third kappa shape index (κ3) is 2.80. The van der Waals surface area contributed by atoms with E-state index in [0.717, 1.165) is 17.3 Å². The van der Waals surface area contributed by atoms with Crippen LogP contribution in [-0.4, -0.2) is 30.6 Å². The van der Waals surface area contributed by atoms with E-state index in [1.807, 2.05) is 6.07 Å². The number of nitrogens with zero attached hydrogens (tertiary/aromatic N) is 3. The van der Waals surface area contributed by atoms with E-state index in [9.17, 15) is 20.2 Å². The second kappa shape index (κ2) is 6.27. The molecule has 0 spiro atoms. The second-order valence-corrected chi connectivity index (χ2v) is 5.42. The Morgan fingerprint density at radius 3 is 2.24 bits per heavy atom. The van der Waals surface area contributed by atoms with E-state index in [1.165, 1.54) is 26.4 Å². The molecule has 9 nitrogen and oxygen atoms in total. The maximum Gasteiger partial charge on any atom is 0.299 e. The van der Waals surface area contributed by atoms with Gasteiger partial charge in [0.1, 0.15) is 5.69 Å². The maximum atomic E-state index is 11.4. The summed E-state index contributed by atoms with van der Waals surface area (Å²) >= 11 is 0. The van der Waals surface area contributed by atoms with Crippen LogP contribution in [0.1, 0.15) is 5.56 Å². The summed E-state index contributed by atoms with van der Waals surface area (Å²) in [4.78, 5) is 22.8. The van der Waals surface area contributed by atoms with Crippen molar-refractivity contribution in [3.8, 4) is 11.5 Å². The van der Waals surface area contributed by atoms with Crippen molar-refractivity contribution in [2.24, 2.45) is 0 Å². The lowest BCUT2D eigenvalue weighted by atomic mass is 10.1. The normalized spacial score (nSPS) is 12.6. The van der Waals surface area contributed by atoms with E-state index in [4.69, 9.17) is 9.47 Å². The Hall–Kier alpha value is -3.36. The van der Waals surface area contributed by atoms with Gasteiger partial charge in [0.05, 0.1) is 30.1 Å². The molecule has 1 aliphatic heterocycles. The quantitative estimate of drug-likeness (QED) is 0.604. The van der Waals surface area contributed by atoms with Crippen molar-refractivity contribution in [2.45, 2.75) is 6.42 Å². The van der Waals surface area contributed by atoms with Gasteiger partial charge in [0.25, 0.3) is 11.4 Å². The first-order chi connectivity index (χ1) is 12.0. The number of non-ortho nitro benzene ring substituents is 1. The van der Waals surface area contributed by atoms with E-state index < -0.39 is 9.85 Å². The van der Waals surface area contributed by atoms with Gasteiger partial charge in [-0.05, 0) is 24.1 Å². The Bertz CT molecular complexity index is 867. The van der Waals surface area contributed by atoms with Gasteiger partial charge in [-0.3, -0.25) is 20.2 Å². The standard InChI is InChI=1S/C16H15N3O6/c1-24-15-7-10-5-6-17(13(10)9-16(15)25-2)12-4-3-11(18(20)21)8-14(12)19(22)23/h3-4,7-9H,5-6H2,1-2H3. The highest BCUT2D eigenvalue weighted by Gasteiger charge is 2.29. The maximum absolute atomic E-state index is 11.4. The molecule has 130 valence electrons. The van der Waals surface area contributed by atoms with Crippen molar-refractivity contribution in [2.75, 3.05) is 25.7 Å². The molecule has 0 saturated carbocycles. The fraction of sp³-hybridized carbons (Fsp3) is 0.250. The van der Waals surface area contributed by atoms with Crippen molar-refractivity contribution in [1.82, 2.24) is 0 Å². The summed E-state index contributed by atoms with van der Waals surface area (Å²) in [6.45, 7) is 0.518. The van der Waals surface area contributed by atoms with Crippen LogP contribution >= 0.6 is 0 Å². The molecule has 2 aromatic carbocycles. The van der Waals surface area contributed by atoms with Crippen molar-refractivity contribution >= 4 is 22.7 Å². The Morgan fingerprint density at radius 2 is 1.64 bits per heavy atom. The van der Waals surface area contributed by atoms with Crippen molar-refractivity contribution in [3.63, 3.8) is 0 Å². The Morgan fingerprint density at radius 1 is 0.960 bits per heavy atom. The molecule has 1 aliphatic rings. The van der Waals surface area contributed by atoms with Crippen LogP contribution < -0.4 is 14.4 Å². The molecule has 25 heavy (non-hydrogen) atoms. The summed E-state index contributed by atoms with van der Waals surface area (Å²) in [7, 11) is 3.05. The third-order valence-electron chi connectivity index (χ3n) is 4.14. The van der Waals surface area contributed by atoms with Crippen LogP contribution in [-0.2, 0) is 6.42 Å². The average molecular weight is 345 g/mol. The zero-order valence-corrected chi connectivity index (χ0v) is 13.6. The average Bonchev–Trinajstić information content (AvgIpc) is 3.02. The van der Waals surface area contributed by atoms with Crippen LogP contribution in [0.2, 0.25) is 0 Å². The molecule has 2 aromatic rings. The predicted molar refractivity (Wildman–Crippen MR) is 90.0 cm³/mol. The number of hydrogen-bond donors (Lipinski definition) is 0. The topological polar surface area (TPSA) is 108 Å². The Kier molecular flexibility index (Phi) is 4.14. The summed E-state index contributed by atoms with van der Waals surface area (Å²) in [5.41, 5.74) is 1.40. The zero-order chi connectivity index (χ0) is 18.1. The molecule has 0 aromatic heterocycles. The van der Waals surface area contributed by atoms with Crippen LogP contribution in [0.5, 0.6) is 11.5 Å². The van der Waals surface area contributed by atoms with Gasteiger partial charge in [0.15, 0.2) is 11.5 Å². The molecule has 0 amide bonds. The minimum absolute atomic E-state index is 0.307. The minimum atomic E-state index is -0.650. The van der Waals surface area contributed by atoms with E-state index in [0.29, 0.717) is 30.2 Å². The number of nitro groups is 2. The largest absolute Gasteiger partial charge is 0.493 e. The monoisotopic (exact) mass is 345 g/mol. The van der Waals surface area contributed by atoms with Gasteiger partial charge in [0, 0.05) is 24.4 Å². The van der Waals surface area contributed by atoms with Crippen LogP contribution in [0.3, 0.4) is 0 Å². The van der Waals surface area contributed by atoms with E-state index in [1.54, 1.807) is 11.0 Å². The molecule has 0 radical (unpaired) electrons. The van der Waals surface area contributed by atoms with Gasteiger partial charge >= 0.3 is 0 Å². The van der Waals surface area contributed by atoms with Gasteiger partial charge in [-0.2, -0.15) is 0 Å². The molecule has 0 aliphatic carbocycles. The first-order valence-corrected chi connectivity index (χ1v) is 7.41. The van der Waals surface area contributed by atoms with E-state index in [2.05, 4.69) is 0 Å². The minimum Gasteiger partial charge on any atom is -0.493 e. The molecule has 0 atom stereocenters. The second-order valence-electron chi connectivity index (χ2n) is 5.42. The lowest BCUT2D eigenvalue weighted by molar-refractivity contribution is -0.393. The fourth-order valence-electron chi connectivity index (χ4n) is 2.96.